The van der Waals surface area contributed by atoms with E-state index in [2.05, 4.69) is 10.3 Å². The van der Waals surface area contributed by atoms with E-state index in [-0.39, 0.29) is 12.0 Å². The van der Waals surface area contributed by atoms with Gasteiger partial charge in [-0.3, -0.25) is 4.98 Å². The molecule has 0 fully saturated rings. The van der Waals surface area contributed by atoms with Gasteiger partial charge in [0.15, 0.2) is 0 Å². The highest BCUT2D eigenvalue weighted by Gasteiger charge is 2.21. The number of esters is 1. The van der Waals surface area contributed by atoms with Crippen molar-refractivity contribution in [1.29, 1.82) is 0 Å². The number of anilines is 1. The van der Waals surface area contributed by atoms with Crippen molar-refractivity contribution in [2.24, 2.45) is 5.73 Å². The molecule has 0 aliphatic rings. The fraction of sp³-hybridized carbons (Fsp3) is 0.294. The summed E-state index contributed by atoms with van der Waals surface area (Å²) in [6.07, 6.45) is 1.77. The van der Waals surface area contributed by atoms with Crippen LogP contribution in [0.1, 0.15) is 23.5 Å². The number of benzene rings is 1. The second-order valence-corrected chi connectivity index (χ2v) is 6.45. The molecule has 3 aromatic rings. The number of carbonyl (C=O) groups excluding carboxylic acids is 1. The molecule has 2 heterocycles. The maximum Gasteiger partial charge on any atom is 0.350 e. The number of hydrogen-bond donors (Lipinski definition) is 2. The van der Waals surface area contributed by atoms with Gasteiger partial charge in [0.05, 0.1) is 17.8 Å². The largest absolute Gasteiger partial charge is 0.462 e. The van der Waals surface area contributed by atoms with Crippen LogP contribution in [-0.4, -0.2) is 30.1 Å². The Bertz CT molecular complexity index is 858. The average molecular weight is 329 g/mol. The molecule has 1 atom stereocenters. The molecule has 3 rings (SSSR count). The van der Waals surface area contributed by atoms with Crippen molar-refractivity contribution >= 4 is 44.0 Å². The number of nitrogens with zero attached hydrogens (tertiary/aromatic N) is 1. The highest BCUT2D eigenvalue weighted by molar-refractivity contribution is 7.21. The predicted octanol–water partition coefficient (Wildman–Crippen LogP) is 3.39. The molecule has 120 valence electrons. The summed E-state index contributed by atoms with van der Waals surface area (Å²) in [6, 6.07) is 7.86. The van der Waals surface area contributed by atoms with Crippen LogP contribution in [0.3, 0.4) is 0 Å². The zero-order valence-electron chi connectivity index (χ0n) is 13.1. The molecular formula is C17H19N3O2S. The van der Waals surface area contributed by atoms with Gasteiger partial charge < -0.3 is 15.8 Å². The van der Waals surface area contributed by atoms with Crippen LogP contribution in [0.25, 0.3) is 21.0 Å². The minimum atomic E-state index is -0.307. The van der Waals surface area contributed by atoms with Crippen LogP contribution in [0.5, 0.6) is 0 Å². The average Bonchev–Trinajstić information content (AvgIpc) is 2.92. The van der Waals surface area contributed by atoms with Crippen LogP contribution >= 0.6 is 11.3 Å². The van der Waals surface area contributed by atoms with Crippen molar-refractivity contribution in [3.63, 3.8) is 0 Å². The number of hydrogen-bond acceptors (Lipinski definition) is 6. The first-order chi connectivity index (χ1) is 11.1. The molecule has 23 heavy (non-hydrogen) atoms. The van der Waals surface area contributed by atoms with Crippen molar-refractivity contribution in [2.45, 2.75) is 19.9 Å². The minimum Gasteiger partial charge on any atom is -0.462 e. The Hall–Kier alpha value is -2.18. The molecule has 0 saturated carbocycles. The van der Waals surface area contributed by atoms with E-state index in [4.69, 9.17) is 10.5 Å². The van der Waals surface area contributed by atoms with Crippen LogP contribution in [0.15, 0.2) is 30.5 Å². The molecule has 3 N–H and O–H groups in total. The number of nitrogens with two attached hydrogens (primary N) is 1. The summed E-state index contributed by atoms with van der Waals surface area (Å²) in [5, 5.41) is 5.35. The Labute approximate surface area is 138 Å². The zero-order chi connectivity index (χ0) is 16.4. The standard InChI is InChI=1S/C17H19N3O2S/c1-3-22-17(21)16-15(20-9-10(2)18)14-11-5-4-8-19-12(11)6-7-13(14)23-16/h4-8,10,20H,3,9,18H2,1-2H3. The van der Waals surface area contributed by atoms with E-state index < -0.39 is 0 Å². The SMILES string of the molecule is CCOC(=O)c1sc2ccc3ncccc3c2c1NCC(C)N. The quantitative estimate of drug-likeness (QED) is 0.702. The summed E-state index contributed by atoms with van der Waals surface area (Å²) >= 11 is 1.43. The van der Waals surface area contributed by atoms with Gasteiger partial charge in [0, 0.05) is 34.3 Å². The molecule has 0 saturated heterocycles. The Balaban J connectivity index is 2.23. The number of rotatable bonds is 5. The Morgan fingerprint density at radius 3 is 3.00 bits per heavy atom. The summed E-state index contributed by atoms with van der Waals surface area (Å²) < 4.78 is 6.23. The van der Waals surface area contributed by atoms with Crippen molar-refractivity contribution in [3.8, 4) is 0 Å². The van der Waals surface area contributed by atoms with E-state index in [9.17, 15) is 4.79 Å². The first kappa shape index (κ1) is 15.7. The van der Waals surface area contributed by atoms with E-state index in [0.717, 1.165) is 26.7 Å². The number of pyridine rings is 1. The second-order valence-electron chi connectivity index (χ2n) is 5.39. The molecule has 0 radical (unpaired) electrons. The third-order valence-electron chi connectivity index (χ3n) is 3.50. The number of nitrogens with one attached hydrogen (secondary N) is 1. The van der Waals surface area contributed by atoms with E-state index in [0.29, 0.717) is 18.0 Å². The van der Waals surface area contributed by atoms with Gasteiger partial charge in [0.1, 0.15) is 4.88 Å². The van der Waals surface area contributed by atoms with Gasteiger partial charge in [-0.2, -0.15) is 0 Å². The van der Waals surface area contributed by atoms with Gasteiger partial charge in [-0.15, -0.1) is 11.3 Å². The topological polar surface area (TPSA) is 77.2 Å². The number of fused-ring (bicyclic) bond motifs is 3. The highest BCUT2D eigenvalue weighted by Crippen LogP contribution is 2.40. The second kappa shape index (κ2) is 6.52. The fourth-order valence-corrected chi connectivity index (χ4v) is 3.61. The Morgan fingerprint density at radius 2 is 2.26 bits per heavy atom. The molecule has 0 spiro atoms. The van der Waals surface area contributed by atoms with Gasteiger partial charge >= 0.3 is 5.97 Å². The third kappa shape index (κ3) is 3.00. The normalized spacial score (nSPS) is 12.5. The molecule has 2 aromatic heterocycles. The fourth-order valence-electron chi connectivity index (χ4n) is 2.52. The number of ether oxygens (including phenoxy) is 1. The molecule has 0 amide bonds. The lowest BCUT2D eigenvalue weighted by Crippen LogP contribution is -2.25. The van der Waals surface area contributed by atoms with Crippen LogP contribution in [0, 0.1) is 0 Å². The zero-order valence-corrected chi connectivity index (χ0v) is 13.9. The van der Waals surface area contributed by atoms with E-state index in [1.165, 1.54) is 11.3 Å². The Kier molecular flexibility index (Phi) is 4.45. The van der Waals surface area contributed by atoms with Crippen LogP contribution < -0.4 is 11.1 Å². The summed E-state index contributed by atoms with van der Waals surface area (Å²) in [5.74, 6) is -0.307. The summed E-state index contributed by atoms with van der Waals surface area (Å²) in [5.41, 5.74) is 7.55. The highest BCUT2D eigenvalue weighted by atomic mass is 32.1. The summed E-state index contributed by atoms with van der Waals surface area (Å²) in [4.78, 5) is 17.3. The van der Waals surface area contributed by atoms with Crippen LogP contribution in [0.4, 0.5) is 5.69 Å². The lowest BCUT2D eigenvalue weighted by Gasteiger charge is -2.11. The molecule has 5 nitrogen and oxygen atoms in total. The van der Waals surface area contributed by atoms with E-state index >= 15 is 0 Å². The Morgan fingerprint density at radius 1 is 1.43 bits per heavy atom. The lowest BCUT2D eigenvalue weighted by molar-refractivity contribution is 0.0533. The van der Waals surface area contributed by atoms with Crippen molar-refractivity contribution in [1.82, 2.24) is 4.98 Å². The predicted molar refractivity (Wildman–Crippen MR) is 95.2 cm³/mol. The molecule has 6 heteroatoms. The monoisotopic (exact) mass is 329 g/mol. The first-order valence-electron chi connectivity index (χ1n) is 7.58. The smallest absolute Gasteiger partial charge is 0.350 e. The van der Waals surface area contributed by atoms with E-state index in [1.807, 2.05) is 31.2 Å². The van der Waals surface area contributed by atoms with Crippen molar-refractivity contribution in [2.75, 3.05) is 18.5 Å². The van der Waals surface area contributed by atoms with Gasteiger partial charge in [0.25, 0.3) is 0 Å². The van der Waals surface area contributed by atoms with Crippen LogP contribution in [-0.2, 0) is 4.74 Å². The number of carbonyl (C=O) groups is 1. The molecular weight excluding hydrogens is 310 g/mol. The van der Waals surface area contributed by atoms with E-state index in [1.54, 1.807) is 13.1 Å². The molecule has 0 aliphatic heterocycles. The summed E-state index contributed by atoms with van der Waals surface area (Å²) in [7, 11) is 0. The third-order valence-corrected chi connectivity index (χ3v) is 4.63. The molecule has 1 aromatic carbocycles. The van der Waals surface area contributed by atoms with Gasteiger partial charge in [-0.05, 0) is 32.0 Å². The molecule has 0 bridgehead atoms. The maximum atomic E-state index is 12.3. The molecule has 1 unspecified atom stereocenters. The first-order valence-corrected chi connectivity index (χ1v) is 8.40. The molecule has 0 aliphatic carbocycles. The van der Waals surface area contributed by atoms with Gasteiger partial charge in [0.2, 0.25) is 0 Å². The van der Waals surface area contributed by atoms with Crippen LogP contribution in [0.2, 0.25) is 0 Å². The van der Waals surface area contributed by atoms with Gasteiger partial charge in [-0.1, -0.05) is 6.07 Å². The minimum absolute atomic E-state index is 0.0203. The van der Waals surface area contributed by atoms with Gasteiger partial charge in [-0.25, -0.2) is 4.79 Å². The maximum absolute atomic E-state index is 12.3. The number of thiophene rings is 1. The summed E-state index contributed by atoms with van der Waals surface area (Å²) in [6.45, 7) is 4.65. The van der Waals surface area contributed by atoms with Crippen molar-refractivity contribution in [3.05, 3.63) is 35.3 Å². The van der Waals surface area contributed by atoms with Crippen molar-refractivity contribution < 1.29 is 9.53 Å². The number of aromatic nitrogens is 1. The lowest BCUT2D eigenvalue weighted by atomic mass is 10.1.